The number of nitrogens with zero attached hydrogens (tertiary/aromatic N) is 2. The third-order valence-corrected chi connectivity index (χ3v) is 5.61. The quantitative estimate of drug-likeness (QED) is 0.620. The minimum Gasteiger partial charge on any atom is -0.452 e. The number of aromatic nitrogens is 2. The Morgan fingerprint density at radius 1 is 1.19 bits per heavy atom. The number of hydrogen-bond donors (Lipinski definition) is 1. The highest BCUT2D eigenvalue weighted by atomic mass is 16.5. The van der Waals surface area contributed by atoms with E-state index >= 15 is 0 Å². The number of carbonyl (C=O) groups excluding carboxylic acids is 2. The van der Waals surface area contributed by atoms with Gasteiger partial charge in [-0.3, -0.25) is 14.2 Å². The molecule has 7 heteroatoms. The fourth-order valence-electron chi connectivity index (χ4n) is 3.88. The predicted octanol–water partition coefficient (Wildman–Crippen LogP) is 3.08. The maximum Gasteiger partial charge on any atom is 0.338 e. The van der Waals surface area contributed by atoms with Crippen LogP contribution in [0.1, 0.15) is 53.1 Å². The second kappa shape index (κ2) is 8.71. The van der Waals surface area contributed by atoms with Crippen LogP contribution in [-0.4, -0.2) is 28.0 Å². The highest BCUT2D eigenvalue weighted by molar-refractivity contribution is 5.95. The van der Waals surface area contributed by atoms with E-state index in [1.165, 1.54) is 6.07 Å². The van der Waals surface area contributed by atoms with Gasteiger partial charge in [0.1, 0.15) is 5.82 Å². The molecule has 1 atom stereocenters. The molecule has 1 aliphatic heterocycles. The summed E-state index contributed by atoms with van der Waals surface area (Å²) in [7, 11) is 0. The van der Waals surface area contributed by atoms with Gasteiger partial charge in [0.15, 0.2) is 6.61 Å². The number of benzene rings is 2. The summed E-state index contributed by atoms with van der Waals surface area (Å²) in [6, 6.07) is 12.5. The Morgan fingerprint density at radius 3 is 2.71 bits per heavy atom. The van der Waals surface area contributed by atoms with Crippen LogP contribution in [0.4, 0.5) is 0 Å². The van der Waals surface area contributed by atoms with E-state index in [-0.39, 0.29) is 29.7 Å². The fraction of sp³-hybridized carbons (Fsp3) is 0.333. The largest absolute Gasteiger partial charge is 0.452 e. The Morgan fingerprint density at radius 2 is 1.97 bits per heavy atom. The molecule has 0 unspecified atom stereocenters. The molecule has 2 aromatic carbocycles. The predicted molar refractivity (Wildman–Crippen MR) is 117 cm³/mol. The molecule has 2 heterocycles. The Labute approximate surface area is 180 Å². The molecule has 1 aromatic heterocycles. The van der Waals surface area contributed by atoms with Gasteiger partial charge in [0, 0.05) is 13.0 Å². The molecule has 0 radical (unpaired) electrons. The molecule has 0 fully saturated rings. The summed E-state index contributed by atoms with van der Waals surface area (Å²) in [6.07, 6.45) is 2.36. The highest BCUT2D eigenvalue weighted by Gasteiger charge is 2.19. The van der Waals surface area contributed by atoms with Gasteiger partial charge in [-0.1, -0.05) is 36.8 Å². The van der Waals surface area contributed by atoms with E-state index in [0.717, 1.165) is 36.2 Å². The van der Waals surface area contributed by atoms with Crippen LogP contribution in [0.15, 0.2) is 47.3 Å². The van der Waals surface area contributed by atoms with Gasteiger partial charge < -0.3 is 10.1 Å². The third-order valence-electron chi connectivity index (χ3n) is 5.61. The molecular weight excluding hydrogens is 394 g/mol. The second-order valence-corrected chi connectivity index (χ2v) is 7.84. The Kier molecular flexibility index (Phi) is 5.84. The number of rotatable bonds is 6. The lowest BCUT2D eigenvalue weighted by atomic mass is 10.0. The number of aryl methyl sites for hydroxylation is 2. The van der Waals surface area contributed by atoms with E-state index in [0.29, 0.717) is 17.4 Å². The normalized spacial score (nSPS) is 13.6. The van der Waals surface area contributed by atoms with Crippen LogP contribution < -0.4 is 10.9 Å². The first-order chi connectivity index (χ1) is 15.0. The summed E-state index contributed by atoms with van der Waals surface area (Å²) >= 11 is 0. The zero-order valence-electron chi connectivity index (χ0n) is 17.7. The summed E-state index contributed by atoms with van der Waals surface area (Å²) in [5, 5.41) is 3.38. The molecule has 0 spiro atoms. The fourth-order valence-corrected chi connectivity index (χ4v) is 3.88. The number of fused-ring (bicyclic) bond motifs is 2. The summed E-state index contributed by atoms with van der Waals surface area (Å²) in [4.78, 5) is 41.8. The maximum atomic E-state index is 12.5. The molecule has 1 aliphatic rings. The van der Waals surface area contributed by atoms with Crippen molar-refractivity contribution in [3.63, 3.8) is 0 Å². The van der Waals surface area contributed by atoms with Crippen molar-refractivity contribution in [2.75, 3.05) is 6.61 Å². The molecule has 7 nitrogen and oxygen atoms in total. The van der Waals surface area contributed by atoms with Crippen LogP contribution in [0.2, 0.25) is 0 Å². The van der Waals surface area contributed by atoms with Crippen molar-refractivity contribution in [3.8, 4) is 0 Å². The lowest BCUT2D eigenvalue weighted by Gasteiger charge is -2.17. The Hall–Kier alpha value is -3.48. The van der Waals surface area contributed by atoms with Gasteiger partial charge in [-0.25, -0.2) is 9.78 Å². The zero-order valence-corrected chi connectivity index (χ0v) is 17.7. The first kappa shape index (κ1) is 20.8. The molecule has 1 N–H and O–H groups in total. The topological polar surface area (TPSA) is 90.3 Å². The maximum absolute atomic E-state index is 12.5. The molecule has 0 saturated heterocycles. The zero-order chi connectivity index (χ0) is 22.0. The molecule has 1 amide bonds. The van der Waals surface area contributed by atoms with Crippen molar-refractivity contribution >= 4 is 22.8 Å². The lowest BCUT2D eigenvalue weighted by Crippen LogP contribution is -2.32. The minimum absolute atomic E-state index is 0.0847. The van der Waals surface area contributed by atoms with E-state index in [2.05, 4.69) is 10.3 Å². The summed E-state index contributed by atoms with van der Waals surface area (Å²) in [5.74, 6) is -0.248. The van der Waals surface area contributed by atoms with E-state index < -0.39 is 5.97 Å². The van der Waals surface area contributed by atoms with E-state index in [1.807, 2.05) is 38.1 Å². The summed E-state index contributed by atoms with van der Waals surface area (Å²) in [5.41, 5.74) is 2.81. The first-order valence-corrected chi connectivity index (χ1v) is 10.5. The Bertz CT molecular complexity index is 1200. The van der Waals surface area contributed by atoms with Gasteiger partial charge in [0.25, 0.3) is 11.5 Å². The summed E-state index contributed by atoms with van der Waals surface area (Å²) < 4.78 is 6.88. The standard InChI is InChI=1S/C24H25N3O4/c1-3-19(16-8-6-15(2)7-9-16)26-22(28)14-31-24(30)17-10-11-18-20(13-17)25-21-5-4-12-27(21)23(18)29/h6-11,13,19H,3-5,12,14H2,1-2H3,(H,26,28)/t19-/m0/s1. The smallest absolute Gasteiger partial charge is 0.338 e. The van der Waals surface area contributed by atoms with Crippen molar-refractivity contribution in [2.24, 2.45) is 0 Å². The van der Waals surface area contributed by atoms with Gasteiger partial charge >= 0.3 is 5.97 Å². The average Bonchev–Trinajstić information content (AvgIpc) is 3.25. The van der Waals surface area contributed by atoms with Crippen molar-refractivity contribution in [3.05, 3.63) is 75.3 Å². The van der Waals surface area contributed by atoms with Crippen LogP contribution in [0, 0.1) is 6.92 Å². The number of carbonyl (C=O) groups is 2. The van der Waals surface area contributed by atoms with E-state index in [4.69, 9.17) is 4.74 Å². The number of esters is 1. The van der Waals surface area contributed by atoms with Gasteiger partial charge in [-0.2, -0.15) is 0 Å². The van der Waals surface area contributed by atoms with Crippen LogP contribution in [0.3, 0.4) is 0 Å². The second-order valence-electron chi connectivity index (χ2n) is 7.84. The molecule has 0 aliphatic carbocycles. The van der Waals surface area contributed by atoms with Crippen LogP contribution in [0.5, 0.6) is 0 Å². The molecule has 0 saturated carbocycles. The third kappa shape index (κ3) is 4.35. The van der Waals surface area contributed by atoms with Crippen molar-refractivity contribution in [2.45, 2.75) is 45.7 Å². The van der Waals surface area contributed by atoms with Crippen molar-refractivity contribution in [1.29, 1.82) is 0 Å². The van der Waals surface area contributed by atoms with Crippen LogP contribution >= 0.6 is 0 Å². The van der Waals surface area contributed by atoms with Crippen molar-refractivity contribution < 1.29 is 14.3 Å². The molecule has 160 valence electrons. The number of ether oxygens (including phenoxy) is 1. The van der Waals surface area contributed by atoms with Gasteiger partial charge in [0.2, 0.25) is 0 Å². The molecule has 3 aromatic rings. The number of nitrogens with one attached hydrogen (secondary N) is 1. The highest BCUT2D eigenvalue weighted by Crippen LogP contribution is 2.18. The minimum atomic E-state index is -0.622. The van der Waals surface area contributed by atoms with Gasteiger partial charge in [-0.15, -0.1) is 0 Å². The first-order valence-electron chi connectivity index (χ1n) is 10.5. The van der Waals surface area contributed by atoms with Gasteiger partial charge in [0.05, 0.1) is 22.5 Å². The monoisotopic (exact) mass is 419 g/mol. The molecule has 4 rings (SSSR count). The number of hydrogen-bond acceptors (Lipinski definition) is 5. The molecule has 0 bridgehead atoms. The molecular formula is C24H25N3O4. The average molecular weight is 419 g/mol. The number of amides is 1. The lowest BCUT2D eigenvalue weighted by molar-refractivity contribution is -0.125. The van der Waals surface area contributed by atoms with Crippen molar-refractivity contribution in [1.82, 2.24) is 14.9 Å². The van der Waals surface area contributed by atoms with Gasteiger partial charge in [-0.05, 0) is 43.5 Å². The van der Waals surface area contributed by atoms with E-state index in [9.17, 15) is 14.4 Å². The summed E-state index contributed by atoms with van der Waals surface area (Å²) in [6.45, 7) is 4.30. The van der Waals surface area contributed by atoms with Crippen LogP contribution in [0.25, 0.3) is 10.9 Å². The SMILES string of the molecule is CC[C@H](NC(=O)COC(=O)c1ccc2c(=O)n3c(nc2c1)CCC3)c1ccc(C)cc1. The molecule has 31 heavy (non-hydrogen) atoms. The van der Waals surface area contributed by atoms with E-state index in [1.54, 1.807) is 16.7 Å². The van der Waals surface area contributed by atoms with Crippen LogP contribution in [-0.2, 0) is 22.5 Å². The Balaban J connectivity index is 1.41.